The van der Waals surface area contributed by atoms with Crippen molar-refractivity contribution in [1.82, 2.24) is 4.90 Å². The highest BCUT2D eigenvalue weighted by molar-refractivity contribution is 5.95. The van der Waals surface area contributed by atoms with Gasteiger partial charge in [-0.2, -0.15) is 0 Å². The minimum atomic E-state index is -0.491. The highest BCUT2D eigenvalue weighted by Crippen LogP contribution is 2.36. The molecule has 6 heteroatoms. The largest absolute Gasteiger partial charge is 0.455 e. The van der Waals surface area contributed by atoms with E-state index in [2.05, 4.69) is 33.0 Å². The third kappa shape index (κ3) is 5.28. The number of carbonyl (C=O) groups is 3. The first-order valence-corrected chi connectivity index (χ1v) is 11.5. The van der Waals surface area contributed by atoms with E-state index in [-0.39, 0.29) is 36.8 Å². The van der Waals surface area contributed by atoms with Gasteiger partial charge in [-0.15, -0.1) is 0 Å². The van der Waals surface area contributed by atoms with Gasteiger partial charge in [0.2, 0.25) is 5.91 Å². The number of likely N-dealkylation sites (tertiary alicyclic amines) is 1. The number of nitrogens with one attached hydrogen (secondary N) is 1. The van der Waals surface area contributed by atoms with E-state index in [1.165, 1.54) is 6.42 Å². The number of hydrogen-bond donors (Lipinski definition) is 1. The molecule has 2 fully saturated rings. The third-order valence-corrected chi connectivity index (χ3v) is 7.09. The van der Waals surface area contributed by atoms with Crippen molar-refractivity contribution in [3.8, 4) is 0 Å². The summed E-state index contributed by atoms with van der Waals surface area (Å²) in [6.45, 7) is 10.6. The van der Waals surface area contributed by atoms with Crippen LogP contribution in [0.1, 0.15) is 70.4 Å². The summed E-state index contributed by atoms with van der Waals surface area (Å²) in [5, 5.41) is 2.89. The van der Waals surface area contributed by atoms with Gasteiger partial charge in [-0.3, -0.25) is 14.4 Å². The quantitative estimate of drug-likeness (QED) is 0.687. The van der Waals surface area contributed by atoms with E-state index in [0.717, 1.165) is 29.7 Å². The Hall–Kier alpha value is -2.37. The number of para-hydroxylation sites is 1. The molecule has 0 bridgehead atoms. The smallest absolute Gasteiger partial charge is 0.311 e. The predicted molar refractivity (Wildman–Crippen MR) is 121 cm³/mol. The van der Waals surface area contributed by atoms with Gasteiger partial charge in [0.25, 0.3) is 5.91 Å². The molecule has 1 saturated carbocycles. The van der Waals surface area contributed by atoms with Crippen LogP contribution in [-0.2, 0) is 19.1 Å². The van der Waals surface area contributed by atoms with Crippen molar-refractivity contribution in [2.24, 2.45) is 17.8 Å². The molecule has 170 valence electrons. The second-order valence-corrected chi connectivity index (χ2v) is 9.63. The number of hydrogen-bond acceptors (Lipinski definition) is 4. The summed E-state index contributed by atoms with van der Waals surface area (Å²) >= 11 is 0. The molecule has 2 amide bonds. The molecular weight excluding hydrogens is 392 g/mol. The van der Waals surface area contributed by atoms with E-state index in [1.807, 2.05) is 30.0 Å². The fourth-order valence-corrected chi connectivity index (χ4v) is 4.98. The summed E-state index contributed by atoms with van der Waals surface area (Å²) in [6, 6.07) is 6.11. The zero-order valence-corrected chi connectivity index (χ0v) is 19.4. The maximum atomic E-state index is 12.6. The molecule has 1 aliphatic carbocycles. The van der Waals surface area contributed by atoms with E-state index in [4.69, 9.17) is 4.74 Å². The molecule has 31 heavy (non-hydrogen) atoms. The van der Waals surface area contributed by atoms with E-state index in [1.54, 1.807) is 0 Å². The lowest BCUT2D eigenvalue weighted by Gasteiger charge is -2.39. The van der Waals surface area contributed by atoms with Crippen LogP contribution in [0.3, 0.4) is 0 Å². The fourth-order valence-electron chi connectivity index (χ4n) is 4.98. The van der Waals surface area contributed by atoms with E-state index in [0.29, 0.717) is 18.4 Å². The van der Waals surface area contributed by atoms with Crippen molar-refractivity contribution in [1.29, 1.82) is 0 Å². The van der Waals surface area contributed by atoms with Gasteiger partial charge < -0.3 is 15.0 Å². The summed E-state index contributed by atoms with van der Waals surface area (Å²) in [5.41, 5.74) is 2.80. The molecule has 1 N–H and O–H groups in total. The van der Waals surface area contributed by atoms with E-state index < -0.39 is 11.9 Å². The summed E-state index contributed by atoms with van der Waals surface area (Å²) in [7, 11) is 0. The number of rotatable bonds is 6. The molecule has 0 radical (unpaired) electrons. The minimum absolute atomic E-state index is 0.0267. The lowest BCUT2D eigenvalue weighted by molar-refractivity contribution is -0.151. The number of nitrogens with zero attached hydrogens (tertiary/aromatic N) is 1. The van der Waals surface area contributed by atoms with Gasteiger partial charge in [0.15, 0.2) is 6.61 Å². The van der Waals surface area contributed by atoms with Crippen molar-refractivity contribution in [2.75, 3.05) is 18.5 Å². The molecule has 3 rings (SSSR count). The van der Waals surface area contributed by atoms with Crippen LogP contribution in [0.4, 0.5) is 5.69 Å². The van der Waals surface area contributed by atoms with Gasteiger partial charge in [0, 0.05) is 24.7 Å². The Morgan fingerprint density at radius 1 is 1.23 bits per heavy atom. The Morgan fingerprint density at radius 2 is 1.97 bits per heavy atom. The van der Waals surface area contributed by atoms with Crippen LogP contribution >= 0.6 is 0 Å². The molecule has 6 nitrogen and oxygen atoms in total. The number of ether oxygens (including phenoxy) is 1. The van der Waals surface area contributed by atoms with E-state index in [9.17, 15) is 14.4 Å². The predicted octanol–water partition coefficient (Wildman–Crippen LogP) is 4.27. The van der Waals surface area contributed by atoms with Crippen LogP contribution in [0.2, 0.25) is 0 Å². The number of esters is 1. The van der Waals surface area contributed by atoms with Crippen molar-refractivity contribution < 1.29 is 19.1 Å². The zero-order valence-electron chi connectivity index (χ0n) is 19.4. The average Bonchev–Trinajstić information content (AvgIpc) is 3.11. The molecule has 4 atom stereocenters. The van der Waals surface area contributed by atoms with E-state index >= 15 is 0 Å². The summed E-state index contributed by atoms with van der Waals surface area (Å²) in [4.78, 5) is 39.5. The van der Waals surface area contributed by atoms with Crippen molar-refractivity contribution in [3.63, 3.8) is 0 Å². The van der Waals surface area contributed by atoms with Gasteiger partial charge >= 0.3 is 5.97 Å². The van der Waals surface area contributed by atoms with Crippen LogP contribution in [0.5, 0.6) is 0 Å². The monoisotopic (exact) mass is 428 g/mol. The lowest BCUT2D eigenvalue weighted by atomic mass is 9.77. The van der Waals surface area contributed by atoms with Crippen LogP contribution in [0.15, 0.2) is 18.2 Å². The fraction of sp³-hybridized carbons (Fsp3) is 0.640. The van der Waals surface area contributed by atoms with Crippen molar-refractivity contribution >= 4 is 23.5 Å². The van der Waals surface area contributed by atoms with Gasteiger partial charge in [0.1, 0.15) is 0 Å². The minimum Gasteiger partial charge on any atom is -0.455 e. The van der Waals surface area contributed by atoms with Crippen LogP contribution in [-0.4, -0.2) is 41.9 Å². The van der Waals surface area contributed by atoms with Crippen LogP contribution < -0.4 is 5.32 Å². The molecule has 0 unspecified atom stereocenters. The molecule has 1 aromatic rings. The maximum absolute atomic E-state index is 12.6. The Morgan fingerprint density at radius 3 is 2.68 bits per heavy atom. The summed E-state index contributed by atoms with van der Waals surface area (Å²) in [5.74, 6) is -0.0100. The van der Waals surface area contributed by atoms with Gasteiger partial charge in [-0.1, -0.05) is 58.7 Å². The summed E-state index contributed by atoms with van der Waals surface area (Å²) in [6.07, 6.45) is 3.48. The normalized spacial score (nSPS) is 26.3. The first-order chi connectivity index (χ1) is 14.7. The van der Waals surface area contributed by atoms with Gasteiger partial charge in [-0.25, -0.2) is 0 Å². The topological polar surface area (TPSA) is 75.7 Å². The number of benzene rings is 1. The van der Waals surface area contributed by atoms with Gasteiger partial charge in [-0.05, 0) is 42.2 Å². The van der Waals surface area contributed by atoms with Crippen molar-refractivity contribution in [2.45, 2.75) is 72.3 Å². The second kappa shape index (κ2) is 9.84. The molecule has 2 aliphatic rings. The Balaban J connectivity index is 1.55. The lowest BCUT2D eigenvalue weighted by Crippen LogP contribution is -2.45. The molecular formula is C25H36N2O4. The van der Waals surface area contributed by atoms with Gasteiger partial charge in [0.05, 0.1) is 5.92 Å². The Bertz CT molecular complexity index is 835. The molecule has 1 saturated heterocycles. The Labute approximate surface area is 185 Å². The van der Waals surface area contributed by atoms with Crippen molar-refractivity contribution in [3.05, 3.63) is 29.3 Å². The number of amides is 2. The number of carbonyl (C=O) groups excluding carboxylic acids is 3. The highest BCUT2D eigenvalue weighted by atomic mass is 16.5. The Kier molecular flexibility index (Phi) is 7.39. The number of aryl methyl sites for hydroxylation is 1. The molecule has 1 aromatic carbocycles. The molecule has 0 aromatic heterocycles. The molecule has 0 spiro atoms. The highest BCUT2D eigenvalue weighted by Gasteiger charge is 2.42. The zero-order chi connectivity index (χ0) is 22.7. The van der Waals surface area contributed by atoms with Crippen LogP contribution in [0, 0.1) is 24.7 Å². The van der Waals surface area contributed by atoms with Crippen LogP contribution in [0.25, 0.3) is 0 Å². The first kappa shape index (κ1) is 23.3. The molecule has 1 heterocycles. The third-order valence-electron chi connectivity index (χ3n) is 7.09. The molecule has 1 aliphatic heterocycles. The second-order valence-electron chi connectivity index (χ2n) is 9.63. The summed E-state index contributed by atoms with van der Waals surface area (Å²) < 4.78 is 5.30. The first-order valence-electron chi connectivity index (χ1n) is 11.5. The standard InChI is InChI=1S/C25H36N2O4/c1-15(2)20-10-6-9-17(4)24(20)26-22(28)14-31-25(30)19-12-23(29)27(13-19)21-11-7-8-16(3)18(21)5/h6,9-10,15-16,18-19,21H,7-8,11-14H2,1-5H3,(H,26,28)/t16-,18-,19+,21-/m0/s1. The SMILES string of the molecule is Cc1cccc(C(C)C)c1NC(=O)COC(=O)[C@@H]1CC(=O)N([C@H]2CCC[C@H](C)[C@@H]2C)C1. The maximum Gasteiger partial charge on any atom is 0.311 e. The average molecular weight is 429 g/mol. The number of anilines is 1.